The fraction of sp³-hybridized carbons (Fsp3) is 0.571. The van der Waals surface area contributed by atoms with Crippen LogP contribution < -0.4 is 5.73 Å². The molecule has 4 heteroatoms. The summed E-state index contributed by atoms with van der Waals surface area (Å²) in [6.07, 6.45) is 1.45. The lowest BCUT2D eigenvalue weighted by Gasteiger charge is -2.11. The second kappa shape index (κ2) is 3.27. The van der Waals surface area contributed by atoms with Crippen molar-refractivity contribution in [2.24, 2.45) is 16.3 Å². The van der Waals surface area contributed by atoms with E-state index in [9.17, 15) is 9.70 Å². The van der Waals surface area contributed by atoms with E-state index in [4.69, 9.17) is 5.73 Å². The number of nitroso groups, excluding NO2 is 1. The van der Waals surface area contributed by atoms with Crippen molar-refractivity contribution in [3.8, 4) is 0 Å². The third-order valence-corrected chi connectivity index (χ3v) is 0.921. The van der Waals surface area contributed by atoms with Crippen molar-refractivity contribution < 1.29 is 4.79 Å². The normalized spacial score (nSPS) is 12.8. The van der Waals surface area contributed by atoms with E-state index in [1.807, 2.05) is 20.8 Å². The molecule has 0 rings (SSSR count). The van der Waals surface area contributed by atoms with Gasteiger partial charge in [0.25, 0.3) is 5.91 Å². The first-order chi connectivity index (χ1) is 4.87. The van der Waals surface area contributed by atoms with Crippen LogP contribution in [0.15, 0.2) is 16.9 Å². The molecule has 0 aromatic carbocycles. The third-order valence-electron chi connectivity index (χ3n) is 0.921. The van der Waals surface area contributed by atoms with Gasteiger partial charge in [0, 0.05) is 0 Å². The molecule has 0 radical (unpaired) electrons. The van der Waals surface area contributed by atoms with E-state index in [0.29, 0.717) is 0 Å². The summed E-state index contributed by atoms with van der Waals surface area (Å²) in [6.45, 7) is 5.54. The van der Waals surface area contributed by atoms with Crippen LogP contribution in [-0.4, -0.2) is 5.91 Å². The number of carbonyl (C=O) groups excluding carboxylic acids is 1. The van der Waals surface area contributed by atoms with Crippen LogP contribution in [0.2, 0.25) is 0 Å². The second-order valence-electron chi connectivity index (χ2n) is 3.35. The summed E-state index contributed by atoms with van der Waals surface area (Å²) in [4.78, 5) is 20.5. The van der Waals surface area contributed by atoms with Gasteiger partial charge >= 0.3 is 0 Å². The Morgan fingerprint density at radius 1 is 1.45 bits per heavy atom. The molecule has 4 nitrogen and oxygen atoms in total. The second-order valence-corrected chi connectivity index (χ2v) is 3.35. The molecule has 0 aromatic heterocycles. The Kier molecular flexibility index (Phi) is 2.92. The first kappa shape index (κ1) is 9.81. The summed E-state index contributed by atoms with van der Waals surface area (Å²) in [6, 6.07) is 0. The monoisotopic (exact) mass is 156 g/mol. The van der Waals surface area contributed by atoms with E-state index in [1.54, 1.807) is 0 Å². The standard InChI is InChI=1S/C7H12N2O2/c1-7(2,3)4-5(9-11)6(8)10/h4H,1-3H3,(H2,8,10)/b5-4-. The highest BCUT2D eigenvalue weighted by molar-refractivity contribution is 5.91. The number of primary amides is 1. The minimum absolute atomic E-state index is 0.211. The minimum Gasteiger partial charge on any atom is -0.364 e. The van der Waals surface area contributed by atoms with E-state index in [0.717, 1.165) is 0 Å². The zero-order chi connectivity index (χ0) is 9.07. The predicted octanol–water partition coefficient (Wildman–Crippen LogP) is 1.17. The molecular formula is C7H12N2O2. The topological polar surface area (TPSA) is 72.5 Å². The Bertz CT molecular complexity index is 201. The number of nitrogens with zero attached hydrogens (tertiary/aromatic N) is 1. The van der Waals surface area contributed by atoms with Gasteiger partial charge in [0.1, 0.15) is 0 Å². The van der Waals surface area contributed by atoms with Crippen molar-refractivity contribution in [3.63, 3.8) is 0 Å². The van der Waals surface area contributed by atoms with Crippen LogP contribution in [0.5, 0.6) is 0 Å². The quantitative estimate of drug-likeness (QED) is 0.481. The van der Waals surface area contributed by atoms with Crippen molar-refractivity contribution >= 4 is 5.91 Å². The van der Waals surface area contributed by atoms with Crippen LogP contribution >= 0.6 is 0 Å². The van der Waals surface area contributed by atoms with E-state index < -0.39 is 5.91 Å². The molecule has 0 saturated carbocycles. The lowest BCUT2D eigenvalue weighted by Crippen LogP contribution is -2.14. The Balaban J connectivity index is 4.63. The van der Waals surface area contributed by atoms with Gasteiger partial charge in [0.05, 0.1) is 0 Å². The van der Waals surface area contributed by atoms with Gasteiger partial charge in [-0.05, 0) is 16.7 Å². The summed E-state index contributed by atoms with van der Waals surface area (Å²) >= 11 is 0. The van der Waals surface area contributed by atoms with Gasteiger partial charge < -0.3 is 5.73 Å². The molecule has 1 amide bonds. The third kappa shape index (κ3) is 4.25. The molecule has 0 saturated heterocycles. The lowest BCUT2D eigenvalue weighted by molar-refractivity contribution is -0.114. The lowest BCUT2D eigenvalue weighted by atomic mass is 9.95. The number of amides is 1. The smallest absolute Gasteiger partial charge is 0.270 e. The molecule has 0 spiro atoms. The first-order valence-electron chi connectivity index (χ1n) is 3.23. The molecule has 0 aliphatic rings. The molecule has 0 aliphatic heterocycles. The maximum Gasteiger partial charge on any atom is 0.270 e. The van der Waals surface area contributed by atoms with Gasteiger partial charge in [-0.3, -0.25) is 4.79 Å². The summed E-state index contributed by atoms with van der Waals surface area (Å²) in [5, 5.41) is 2.51. The molecule has 0 heterocycles. The van der Waals surface area contributed by atoms with E-state index in [-0.39, 0.29) is 11.1 Å². The van der Waals surface area contributed by atoms with Crippen LogP contribution in [0, 0.1) is 10.3 Å². The summed E-state index contributed by atoms with van der Waals surface area (Å²) in [7, 11) is 0. The maximum absolute atomic E-state index is 10.5. The molecule has 62 valence electrons. The Morgan fingerprint density at radius 2 is 1.91 bits per heavy atom. The molecule has 0 aromatic rings. The maximum atomic E-state index is 10.5. The molecule has 0 unspecified atom stereocenters. The zero-order valence-corrected chi connectivity index (χ0v) is 6.92. The van der Waals surface area contributed by atoms with Gasteiger partial charge in [0.15, 0.2) is 5.70 Å². The fourth-order valence-electron chi connectivity index (χ4n) is 0.553. The van der Waals surface area contributed by atoms with Gasteiger partial charge in [-0.15, -0.1) is 4.91 Å². The number of rotatable bonds is 2. The molecule has 11 heavy (non-hydrogen) atoms. The highest BCUT2D eigenvalue weighted by Gasteiger charge is 2.12. The summed E-state index contributed by atoms with van der Waals surface area (Å²) in [5.41, 5.74) is 4.39. The van der Waals surface area contributed by atoms with Crippen LogP contribution in [0.3, 0.4) is 0 Å². The van der Waals surface area contributed by atoms with Crippen LogP contribution in [0.25, 0.3) is 0 Å². The molecule has 2 N–H and O–H groups in total. The summed E-state index contributed by atoms with van der Waals surface area (Å²) in [5.74, 6) is -0.782. The zero-order valence-electron chi connectivity index (χ0n) is 6.92. The molecule has 0 aliphatic carbocycles. The number of hydrogen-bond acceptors (Lipinski definition) is 3. The van der Waals surface area contributed by atoms with Crippen molar-refractivity contribution in [1.82, 2.24) is 0 Å². The summed E-state index contributed by atoms with van der Waals surface area (Å²) < 4.78 is 0. The Labute approximate surface area is 65.4 Å². The van der Waals surface area contributed by atoms with Crippen molar-refractivity contribution in [1.29, 1.82) is 0 Å². The van der Waals surface area contributed by atoms with E-state index >= 15 is 0 Å². The van der Waals surface area contributed by atoms with Crippen LogP contribution in [0.4, 0.5) is 0 Å². The van der Waals surface area contributed by atoms with Crippen LogP contribution in [0.1, 0.15) is 20.8 Å². The van der Waals surface area contributed by atoms with Crippen molar-refractivity contribution in [2.45, 2.75) is 20.8 Å². The largest absolute Gasteiger partial charge is 0.364 e. The number of carbonyl (C=O) groups is 1. The predicted molar refractivity (Wildman–Crippen MR) is 42.5 cm³/mol. The van der Waals surface area contributed by atoms with Gasteiger partial charge in [-0.25, -0.2) is 0 Å². The van der Waals surface area contributed by atoms with E-state index in [2.05, 4.69) is 5.18 Å². The molecular weight excluding hydrogens is 144 g/mol. The van der Waals surface area contributed by atoms with E-state index in [1.165, 1.54) is 6.08 Å². The van der Waals surface area contributed by atoms with Crippen molar-refractivity contribution in [2.75, 3.05) is 0 Å². The van der Waals surface area contributed by atoms with Crippen molar-refractivity contribution in [3.05, 3.63) is 16.7 Å². The Hall–Kier alpha value is -1.19. The van der Waals surface area contributed by atoms with Gasteiger partial charge in [0.2, 0.25) is 0 Å². The first-order valence-corrected chi connectivity index (χ1v) is 3.23. The highest BCUT2D eigenvalue weighted by atomic mass is 16.3. The molecule has 0 atom stereocenters. The van der Waals surface area contributed by atoms with Crippen LogP contribution in [-0.2, 0) is 4.79 Å². The minimum atomic E-state index is -0.782. The molecule has 0 fully saturated rings. The fourth-order valence-corrected chi connectivity index (χ4v) is 0.553. The Morgan fingerprint density at radius 3 is 2.00 bits per heavy atom. The number of allylic oxidation sites excluding steroid dienone is 1. The average Bonchev–Trinajstić information content (AvgIpc) is 1.80. The molecule has 0 bridgehead atoms. The van der Waals surface area contributed by atoms with Gasteiger partial charge in [-0.2, -0.15) is 0 Å². The average molecular weight is 156 g/mol. The highest BCUT2D eigenvalue weighted by Crippen LogP contribution is 2.17. The number of hydrogen-bond donors (Lipinski definition) is 1. The SMILES string of the molecule is CC(C)(C)/C=C(\N=O)C(N)=O. The number of nitrogens with two attached hydrogens (primary N) is 1. The van der Waals surface area contributed by atoms with Gasteiger partial charge in [-0.1, -0.05) is 20.8 Å².